The van der Waals surface area contributed by atoms with Crippen LogP contribution in [0.4, 0.5) is 0 Å². The lowest BCUT2D eigenvalue weighted by molar-refractivity contribution is 0.310. The summed E-state index contributed by atoms with van der Waals surface area (Å²) in [7, 11) is 2.17. The van der Waals surface area contributed by atoms with Gasteiger partial charge in [-0.25, -0.2) is 0 Å². The van der Waals surface area contributed by atoms with Crippen LogP contribution >= 0.6 is 0 Å². The normalized spacial score (nSPS) is 13.0. The average Bonchev–Trinajstić information content (AvgIpc) is 2.34. The Morgan fingerprint density at radius 2 is 2.00 bits per heavy atom. The van der Waals surface area contributed by atoms with E-state index in [0.717, 1.165) is 26.1 Å². The fourth-order valence-electron chi connectivity index (χ4n) is 1.54. The topological polar surface area (TPSA) is 42.1 Å². The van der Waals surface area contributed by atoms with Crippen molar-refractivity contribution in [1.29, 1.82) is 0 Å². The minimum Gasteiger partial charge on any atom is -0.330 e. The molecule has 2 N–H and O–H groups in total. The Labute approximate surface area is 98.7 Å². The summed E-state index contributed by atoms with van der Waals surface area (Å²) >= 11 is 0. The molecule has 0 fully saturated rings. The van der Waals surface area contributed by atoms with Crippen molar-refractivity contribution >= 4 is 0 Å². The molecule has 0 aliphatic carbocycles. The van der Waals surface area contributed by atoms with E-state index in [1.165, 1.54) is 12.0 Å². The molecule has 1 atom stereocenters. The van der Waals surface area contributed by atoms with Gasteiger partial charge in [-0.05, 0) is 56.6 Å². The van der Waals surface area contributed by atoms with Gasteiger partial charge < -0.3 is 10.6 Å². The predicted octanol–water partition coefficient (Wildman–Crippen LogP) is 1.54. The predicted molar refractivity (Wildman–Crippen MR) is 68.3 cm³/mol. The SMILES string of the molecule is CC(CN)CCN(C)CCc1ccncc1. The molecule has 3 nitrogen and oxygen atoms in total. The highest BCUT2D eigenvalue weighted by atomic mass is 15.1. The first-order chi connectivity index (χ1) is 7.72. The van der Waals surface area contributed by atoms with Crippen molar-refractivity contribution in [3.63, 3.8) is 0 Å². The first-order valence-corrected chi connectivity index (χ1v) is 6.00. The van der Waals surface area contributed by atoms with Crippen LogP contribution in [0.25, 0.3) is 0 Å². The molecule has 0 amide bonds. The lowest BCUT2D eigenvalue weighted by Crippen LogP contribution is -2.25. The van der Waals surface area contributed by atoms with E-state index < -0.39 is 0 Å². The fraction of sp³-hybridized carbons (Fsp3) is 0.615. The van der Waals surface area contributed by atoms with Crippen molar-refractivity contribution in [2.75, 3.05) is 26.7 Å². The number of nitrogens with two attached hydrogens (primary N) is 1. The molecule has 3 heteroatoms. The Bertz CT molecular complexity index is 274. The van der Waals surface area contributed by atoms with Gasteiger partial charge in [-0.15, -0.1) is 0 Å². The minimum atomic E-state index is 0.628. The monoisotopic (exact) mass is 221 g/mol. The first-order valence-electron chi connectivity index (χ1n) is 6.00. The van der Waals surface area contributed by atoms with Crippen LogP contribution in [0.2, 0.25) is 0 Å². The average molecular weight is 221 g/mol. The Balaban J connectivity index is 2.18. The van der Waals surface area contributed by atoms with Gasteiger partial charge in [0, 0.05) is 18.9 Å². The lowest BCUT2D eigenvalue weighted by atomic mass is 10.1. The van der Waals surface area contributed by atoms with Gasteiger partial charge in [-0.2, -0.15) is 0 Å². The zero-order valence-corrected chi connectivity index (χ0v) is 10.4. The van der Waals surface area contributed by atoms with Gasteiger partial charge in [0.2, 0.25) is 0 Å². The molecular weight excluding hydrogens is 198 g/mol. The second-order valence-corrected chi connectivity index (χ2v) is 4.54. The maximum absolute atomic E-state index is 5.60. The summed E-state index contributed by atoms with van der Waals surface area (Å²) in [4.78, 5) is 6.38. The summed E-state index contributed by atoms with van der Waals surface area (Å²) < 4.78 is 0. The van der Waals surface area contributed by atoms with E-state index in [4.69, 9.17) is 5.73 Å². The van der Waals surface area contributed by atoms with Crippen molar-refractivity contribution in [3.05, 3.63) is 30.1 Å². The number of likely N-dealkylation sites (N-methyl/N-ethyl adjacent to an activating group) is 1. The molecule has 1 aromatic heterocycles. The summed E-state index contributed by atoms with van der Waals surface area (Å²) in [5.41, 5.74) is 6.95. The highest BCUT2D eigenvalue weighted by Crippen LogP contribution is 2.02. The summed E-state index contributed by atoms with van der Waals surface area (Å²) in [5, 5.41) is 0. The van der Waals surface area contributed by atoms with Crippen LogP contribution in [0.3, 0.4) is 0 Å². The van der Waals surface area contributed by atoms with E-state index in [1.54, 1.807) is 0 Å². The fourth-order valence-corrected chi connectivity index (χ4v) is 1.54. The van der Waals surface area contributed by atoms with E-state index >= 15 is 0 Å². The van der Waals surface area contributed by atoms with Gasteiger partial charge in [0.25, 0.3) is 0 Å². The third kappa shape index (κ3) is 5.24. The lowest BCUT2D eigenvalue weighted by Gasteiger charge is -2.18. The third-order valence-electron chi connectivity index (χ3n) is 2.94. The highest BCUT2D eigenvalue weighted by Gasteiger charge is 2.03. The van der Waals surface area contributed by atoms with Crippen LogP contribution in [-0.2, 0) is 6.42 Å². The van der Waals surface area contributed by atoms with Gasteiger partial charge in [0.05, 0.1) is 0 Å². The van der Waals surface area contributed by atoms with Gasteiger partial charge in [-0.3, -0.25) is 4.98 Å². The minimum absolute atomic E-state index is 0.628. The van der Waals surface area contributed by atoms with Crippen molar-refractivity contribution in [1.82, 2.24) is 9.88 Å². The molecule has 0 aliphatic rings. The zero-order chi connectivity index (χ0) is 11.8. The third-order valence-corrected chi connectivity index (χ3v) is 2.94. The summed E-state index contributed by atoms with van der Waals surface area (Å²) in [6.07, 6.45) is 5.98. The van der Waals surface area contributed by atoms with Crippen LogP contribution in [0, 0.1) is 5.92 Å². The Kier molecular flexibility index (Phi) is 6.04. The molecular formula is C13H23N3. The van der Waals surface area contributed by atoms with Crippen LogP contribution in [0.1, 0.15) is 18.9 Å². The standard InChI is InChI=1S/C13H23N3/c1-12(11-14)5-9-16(2)10-6-13-3-7-15-8-4-13/h3-4,7-8,12H,5-6,9-11,14H2,1-2H3. The number of nitrogens with zero attached hydrogens (tertiary/aromatic N) is 2. The first kappa shape index (κ1) is 13.1. The Hall–Kier alpha value is -0.930. The molecule has 0 saturated heterocycles. The van der Waals surface area contributed by atoms with Crippen molar-refractivity contribution in [3.8, 4) is 0 Å². The number of hydrogen-bond acceptors (Lipinski definition) is 3. The van der Waals surface area contributed by atoms with Crippen LogP contribution in [-0.4, -0.2) is 36.6 Å². The molecule has 16 heavy (non-hydrogen) atoms. The van der Waals surface area contributed by atoms with E-state index in [9.17, 15) is 0 Å². The maximum atomic E-state index is 5.60. The number of aromatic nitrogens is 1. The molecule has 0 spiro atoms. The van der Waals surface area contributed by atoms with Crippen LogP contribution in [0.5, 0.6) is 0 Å². The number of hydrogen-bond donors (Lipinski definition) is 1. The van der Waals surface area contributed by atoms with E-state index in [0.29, 0.717) is 5.92 Å². The molecule has 0 saturated carbocycles. The van der Waals surface area contributed by atoms with E-state index in [1.807, 2.05) is 12.4 Å². The summed E-state index contributed by atoms with van der Waals surface area (Å²) in [5.74, 6) is 0.628. The smallest absolute Gasteiger partial charge is 0.0270 e. The van der Waals surface area contributed by atoms with Crippen LogP contribution < -0.4 is 5.73 Å². The molecule has 0 bridgehead atoms. The van der Waals surface area contributed by atoms with Crippen molar-refractivity contribution < 1.29 is 0 Å². The van der Waals surface area contributed by atoms with Gasteiger partial charge in [0.1, 0.15) is 0 Å². The summed E-state index contributed by atoms with van der Waals surface area (Å²) in [6, 6.07) is 4.16. The molecule has 0 radical (unpaired) electrons. The van der Waals surface area contributed by atoms with Gasteiger partial charge in [0.15, 0.2) is 0 Å². The zero-order valence-electron chi connectivity index (χ0n) is 10.4. The molecule has 0 aromatic carbocycles. The second-order valence-electron chi connectivity index (χ2n) is 4.54. The number of rotatable bonds is 7. The Morgan fingerprint density at radius 3 is 2.62 bits per heavy atom. The van der Waals surface area contributed by atoms with E-state index in [2.05, 4.69) is 36.0 Å². The molecule has 1 aromatic rings. The molecule has 1 heterocycles. The highest BCUT2D eigenvalue weighted by molar-refractivity contribution is 5.09. The number of pyridine rings is 1. The molecule has 0 aliphatic heterocycles. The Morgan fingerprint density at radius 1 is 1.31 bits per heavy atom. The van der Waals surface area contributed by atoms with Crippen molar-refractivity contribution in [2.24, 2.45) is 11.7 Å². The quantitative estimate of drug-likeness (QED) is 0.759. The van der Waals surface area contributed by atoms with Crippen LogP contribution in [0.15, 0.2) is 24.5 Å². The van der Waals surface area contributed by atoms with E-state index in [-0.39, 0.29) is 0 Å². The molecule has 1 unspecified atom stereocenters. The van der Waals surface area contributed by atoms with Gasteiger partial charge >= 0.3 is 0 Å². The largest absolute Gasteiger partial charge is 0.330 e. The summed E-state index contributed by atoms with van der Waals surface area (Å²) in [6.45, 7) is 5.22. The maximum Gasteiger partial charge on any atom is 0.0270 e. The second kappa shape index (κ2) is 7.36. The van der Waals surface area contributed by atoms with Crippen molar-refractivity contribution in [2.45, 2.75) is 19.8 Å². The van der Waals surface area contributed by atoms with Gasteiger partial charge in [-0.1, -0.05) is 6.92 Å². The molecule has 90 valence electrons. The molecule has 1 rings (SSSR count).